The second kappa shape index (κ2) is 7.22. The normalized spacial score (nSPS) is 10.3. The zero-order valence-corrected chi connectivity index (χ0v) is 13.4. The highest BCUT2D eigenvalue weighted by Gasteiger charge is 2.26. The van der Waals surface area contributed by atoms with Crippen LogP contribution >= 0.6 is 11.6 Å². The van der Waals surface area contributed by atoms with Crippen molar-refractivity contribution in [2.45, 2.75) is 13.8 Å². The molecule has 0 aliphatic rings. The van der Waals surface area contributed by atoms with Crippen LogP contribution in [-0.2, 0) is 9.53 Å². The van der Waals surface area contributed by atoms with Gasteiger partial charge in [0.1, 0.15) is 5.82 Å². The first kappa shape index (κ1) is 17.6. The Labute approximate surface area is 140 Å². The zero-order valence-electron chi connectivity index (χ0n) is 12.7. The van der Waals surface area contributed by atoms with Crippen molar-refractivity contribution in [2.75, 3.05) is 11.9 Å². The number of esters is 1. The van der Waals surface area contributed by atoms with Gasteiger partial charge in [-0.3, -0.25) is 10.1 Å². The molecule has 2 aromatic rings. The maximum atomic E-state index is 13.6. The smallest absolute Gasteiger partial charge is 0.414 e. The number of halogens is 2. The molecule has 1 heterocycles. The molecular weight excluding hydrogens is 345 g/mol. The Hall–Kier alpha value is -2.74. The summed E-state index contributed by atoms with van der Waals surface area (Å²) in [5, 5.41) is 12.3. The molecule has 0 spiro atoms. The van der Waals surface area contributed by atoms with E-state index >= 15 is 0 Å². The van der Waals surface area contributed by atoms with E-state index in [0.29, 0.717) is 0 Å². The van der Waals surface area contributed by atoms with E-state index in [1.54, 1.807) is 6.92 Å². The fraction of sp³-hybridized carbons (Fsp3) is 0.200. The molecule has 1 amide bonds. The fourth-order valence-electron chi connectivity index (χ4n) is 1.82. The summed E-state index contributed by atoms with van der Waals surface area (Å²) < 4.78 is 28.4. The van der Waals surface area contributed by atoms with Gasteiger partial charge < -0.3 is 19.0 Å². The van der Waals surface area contributed by atoms with Crippen LogP contribution in [0.1, 0.15) is 13.8 Å². The van der Waals surface area contributed by atoms with E-state index in [0.717, 1.165) is 13.0 Å². The van der Waals surface area contributed by atoms with E-state index in [4.69, 9.17) is 20.8 Å². The molecule has 0 aliphatic carbocycles. The molecule has 9 heteroatoms. The number of amides is 1. The van der Waals surface area contributed by atoms with Gasteiger partial charge in [-0.15, -0.1) is 0 Å². The molecule has 2 rings (SSSR count). The number of furan rings is 1. The van der Waals surface area contributed by atoms with E-state index in [1.165, 1.54) is 12.1 Å². The molecule has 1 aromatic carbocycles. The number of nitrogens with one attached hydrogen (secondary N) is 1. The Balaban J connectivity index is 2.48. The quantitative estimate of drug-likeness (QED) is 0.804. The highest BCUT2D eigenvalue weighted by Crippen LogP contribution is 2.46. The van der Waals surface area contributed by atoms with Crippen molar-refractivity contribution in [1.29, 1.82) is 0 Å². The van der Waals surface area contributed by atoms with Crippen molar-refractivity contribution in [3.05, 3.63) is 29.0 Å². The molecular formula is C15H13ClFNO6. The van der Waals surface area contributed by atoms with Crippen molar-refractivity contribution in [1.82, 2.24) is 0 Å². The second-order valence-corrected chi connectivity index (χ2v) is 4.91. The van der Waals surface area contributed by atoms with Crippen molar-refractivity contribution in [3.63, 3.8) is 0 Å². The lowest BCUT2D eigenvalue weighted by Gasteiger charge is -2.04. The van der Waals surface area contributed by atoms with E-state index in [-0.39, 0.29) is 28.8 Å². The predicted octanol–water partition coefficient (Wildman–Crippen LogP) is 3.94. The third-order valence-corrected chi connectivity index (χ3v) is 3.07. The molecule has 24 heavy (non-hydrogen) atoms. The monoisotopic (exact) mass is 357 g/mol. The lowest BCUT2D eigenvalue weighted by molar-refractivity contribution is -0.132. The minimum Gasteiger partial charge on any atom is -0.502 e. The van der Waals surface area contributed by atoms with Crippen molar-refractivity contribution >= 4 is 29.5 Å². The van der Waals surface area contributed by atoms with Crippen LogP contribution in [0, 0.1) is 5.82 Å². The molecule has 0 atom stereocenters. The summed E-state index contributed by atoms with van der Waals surface area (Å²) in [6.07, 6.45) is -0.881. The van der Waals surface area contributed by atoms with Gasteiger partial charge in [0.05, 0.1) is 11.6 Å². The second-order valence-electron chi connectivity index (χ2n) is 4.51. The van der Waals surface area contributed by atoms with Gasteiger partial charge in [0.25, 0.3) is 5.88 Å². The summed E-state index contributed by atoms with van der Waals surface area (Å²) in [4.78, 5) is 22.7. The third kappa shape index (κ3) is 3.77. The molecule has 0 radical (unpaired) electrons. The first-order valence-electron chi connectivity index (χ1n) is 6.76. The first-order chi connectivity index (χ1) is 11.3. The number of anilines is 1. The number of aromatic hydroxyl groups is 1. The van der Waals surface area contributed by atoms with Crippen molar-refractivity contribution in [2.24, 2.45) is 0 Å². The summed E-state index contributed by atoms with van der Waals surface area (Å²) in [5.41, 5.74) is 0.125. The average molecular weight is 358 g/mol. The molecule has 2 N–H and O–H groups in total. The Bertz CT molecular complexity index is 789. The van der Waals surface area contributed by atoms with Gasteiger partial charge in [0.15, 0.2) is 5.76 Å². The van der Waals surface area contributed by atoms with E-state index in [1.807, 2.05) is 0 Å². The Kier molecular flexibility index (Phi) is 5.30. The molecule has 0 aliphatic heterocycles. The Morgan fingerprint density at radius 1 is 1.42 bits per heavy atom. The van der Waals surface area contributed by atoms with Crippen LogP contribution in [0.3, 0.4) is 0 Å². The number of hydrogen-bond donors (Lipinski definition) is 2. The standard InChI is InChI=1S/C15H13ClFNO6/c1-3-22-15(21)18-14-13(23-7(2)19)11(20)12(24-14)8-4-5-9(16)10(17)6-8/h4-6,20H,3H2,1-2H3,(H,18,21). The average Bonchev–Trinajstić information content (AvgIpc) is 2.79. The summed E-state index contributed by atoms with van der Waals surface area (Å²) in [6, 6.07) is 3.67. The van der Waals surface area contributed by atoms with Gasteiger partial charge >= 0.3 is 12.1 Å². The topological polar surface area (TPSA) is 98.0 Å². The highest BCUT2D eigenvalue weighted by molar-refractivity contribution is 6.30. The number of ether oxygens (including phenoxy) is 2. The molecule has 0 saturated heterocycles. The van der Waals surface area contributed by atoms with Crippen LogP contribution in [-0.4, -0.2) is 23.8 Å². The van der Waals surface area contributed by atoms with Crippen LogP contribution in [0.2, 0.25) is 5.02 Å². The van der Waals surface area contributed by atoms with Gasteiger partial charge in [-0.05, 0) is 25.1 Å². The van der Waals surface area contributed by atoms with Crippen molar-refractivity contribution < 1.29 is 33.0 Å². The fourth-order valence-corrected chi connectivity index (χ4v) is 1.94. The Morgan fingerprint density at radius 2 is 2.12 bits per heavy atom. The van der Waals surface area contributed by atoms with Gasteiger partial charge in [-0.1, -0.05) is 11.6 Å². The van der Waals surface area contributed by atoms with Crippen LogP contribution in [0.5, 0.6) is 11.5 Å². The minimum atomic E-state index is -0.881. The summed E-state index contributed by atoms with van der Waals surface area (Å²) in [5.74, 6) is -3.06. The van der Waals surface area contributed by atoms with Crippen LogP contribution in [0.25, 0.3) is 11.3 Å². The van der Waals surface area contributed by atoms with Crippen LogP contribution in [0.4, 0.5) is 15.1 Å². The molecule has 7 nitrogen and oxygen atoms in total. The number of benzene rings is 1. The Morgan fingerprint density at radius 3 is 2.71 bits per heavy atom. The van der Waals surface area contributed by atoms with E-state index in [9.17, 15) is 19.1 Å². The molecule has 1 aromatic heterocycles. The van der Waals surface area contributed by atoms with Crippen LogP contribution in [0.15, 0.2) is 22.6 Å². The maximum absolute atomic E-state index is 13.6. The summed E-state index contributed by atoms with van der Waals surface area (Å²) in [6.45, 7) is 2.78. The predicted molar refractivity (Wildman–Crippen MR) is 82.7 cm³/mol. The van der Waals surface area contributed by atoms with Crippen LogP contribution < -0.4 is 10.1 Å². The number of hydrogen-bond acceptors (Lipinski definition) is 6. The number of carbonyl (C=O) groups excluding carboxylic acids is 2. The molecule has 0 unspecified atom stereocenters. The number of carbonyl (C=O) groups is 2. The SMILES string of the molecule is CCOC(=O)Nc1oc(-c2ccc(Cl)c(F)c2)c(O)c1OC(C)=O. The van der Waals surface area contributed by atoms with Crippen molar-refractivity contribution in [3.8, 4) is 22.8 Å². The third-order valence-electron chi connectivity index (χ3n) is 2.76. The number of rotatable bonds is 4. The maximum Gasteiger partial charge on any atom is 0.414 e. The largest absolute Gasteiger partial charge is 0.502 e. The van der Waals surface area contributed by atoms with E-state index in [2.05, 4.69) is 10.1 Å². The molecule has 128 valence electrons. The molecule has 0 bridgehead atoms. The zero-order chi connectivity index (χ0) is 17.9. The minimum absolute atomic E-state index is 0.0939. The molecule has 0 saturated carbocycles. The summed E-state index contributed by atoms with van der Waals surface area (Å²) >= 11 is 5.61. The van der Waals surface area contributed by atoms with E-state index < -0.39 is 29.4 Å². The highest BCUT2D eigenvalue weighted by atomic mass is 35.5. The molecule has 0 fully saturated rings. The van der Waals surface area contributed by atoms with Gasteiger partial charge in [0.2, 0.25) is 11.5 Å². The first-order valence-corrected chi connectivity index (χ1v) is 7.14. The summed E-state index contributed by atoms with van der Waals surface area (Å²) in [7, 11) is 0. The lowest BCUT2D eigenvalue weighted by atomic mass is 10.1. The lowest BCUT2D eigenvalue weighted by Crippen LogP contribution is -2.14. The van der Waals surface area contributed by atoms with Gasteiger partial charge in [0, 0.05) is 12.5 Å². The van der Waals surface area contributed by atoms with Gasteiger partial charge in [-0.25, -0.2) is 9.18 Å². The van der Waals surface area contributed by atoms with Gasteiger partial charge in [-0.2, -0.15) is 0 Å².